The van der Waals surface area contributed by atoms with Crippen molar-refractivity contribution >= 4 is 139 Å². The molecule has 0 aromatic heterocycles. The lowest BCUT2D eigenvalue weighted by Crippen LogP contribution is -2.50. The fraction of sp³-hybridized carbons (Fsp3) is 0.167. The molecule has 0 fully saturated rings. The Hall–Kier alpha value is -1.30. The zero-order valence-electron chi connectivity index (χ0n) is 20.3. The summed E-state index contributed by atoms with van der Waals surface area (Å²) in [5, 5.41) is 10.8. The summed E-state index contributed by atoms with van der Waals surface area (Å²) in [5.74, 6) is -0.121. The quantitative estimate of drug-likeness (QED) is 0.135. The first kappa shape index (κ1) is 35.2. The first-order valence-electron chi connectivity index (χ1n) is 11.1. The summed E-state index contributed by atoms with van der Waals surface area (Å²) in [7, 11) is 0. The molecule has 3 rings (SSSR count). The molecule has 0 aliphatic carbocycles. The van der Waals surface area contributed by atoms with Crippen molar-refractivity contribution in [1.29, 1.82) is 0 Å². The first-order valence-corrected chi connectivity index (χ1v) is 14.9. The van der Waals surface area contributed by atoms with Gasteiger partial charge in [0, 0.05) is 11.4 Å². The van der Waals surface area contributed by atoms with Crippen molar-refractivity contribution in [3.05, 3.63) is 80.8 Å². The molecular formula is C24H16Cl10N4O4. The number of alkyl halides is 6. The number of para-hydroxylation sites is 2. The van der Waals surface area contributed by atoms with Gasteiger partial charge in [0.05, 0.1) is 20.1 Å². The minimum absolute atomic E-state index is 0.0606. The van der Waals surface area contributed by atoms with E-state index in [0.717, 1.165) is 0 Å². The normalized spacial score (nSPS) is 13.0. The van der Waals surface area contributed by atoms with Gasteiger partial charge in [-0.05, 0) is 48.5 Å². The van der Waals surface area contributed by atoms with E-state index in [-0.39, 0.29) is 31.6 Å². The number of ether oxygens (including phenoxy) is 2. The summed E-state index contributed by atoms with van der Waals surface area (Å²) in [6.45, 7) is 0. The van der Waals surface area contributed by atoms with Gasteiger partial charge in [-0.1, -0.05) is 128 Å². The van der Waals surface area contributed by atoms with E-state index in [1.165, 1.54) is 48.5 Å². The first-order chi connectivity index (χ1) is 19.5. The number of benzene rings is 3. The fourth-order valence-corrected chi connectivity index (χ4v) is 4.17. The molecule has 226 valence electrons. The molecule has 0 unspecified atom stereocenters. The predicted octanol–water partition coefficient (Wildman–Crippen LogP) is 10.1. The van der Waals surface area contributed by atoms with Gasteiger partial charge in [-0.3, -0.25) is 10.6 Å². The van der Waals surface area contributed by atoms with Crippen LogP contribution in [0, 0.1) is 0 Å². The molecule has 0 saturated carbocycles. The van der Waals surface area contributed by atoms with Gasteiger partial charge in [-0.25, -0.2) is 9.59 Å². The van der Waals surface area contributed by atoms with Gasteiger partial charge in [0.25, 0.3) is 0 Å². The SMILES string of the molecule is O=C(Nc1ccc(Cl)c(Cl)c1)N[C@H](Oc1ccccc1O[C@H](NC(=O)Nc1ccc(Cl)c(Cl)c1)C(Cl)(Cl)Cl)C(Cl)(Cl)Cl. The van der Waals surface area contributed by atoms with E-state index in [2.05, 4.69) is 21.3 Å². The number of carbonyl (C=O) groups excluding carboxylic acids is 2. The number of rotatable bonds is 8. The Kier molecular flexibility index (Phi) is 12.7. The van der Waals surface area contributed by atoms with Crippen LogP contribution >= 0.6 is 116 Å². The molecule has 3 aromatic carbocycles. The Morgan fingerprint density at radius 3 is 1.24 bits per heavy atom. The van der Waals surface area contributed by atoms with Gasteiger partial charge < -0.3 is 20.1 Å². The zero-order valence-corrected chi connectivity index (χ0v) is 27.9. The van der Waals surface area contributed by atoms with Gasteiger partial charge in [0.15, 0.2) is 11.5 Å². The van der Waals surface area contributed by atoms with Crippen LogP contribution in [0.3, 0.4) is 0 Å². The molecule has 0 aliphatic rings. The highest BCUT2D eigenvalue weighted by Gasteiger charge is 2.39. The Bertz CT molecular complexity index is 1330. The third-order valence-corrected chi connectivity index (χ3v) is 7.48. The van der Waals surface area contributed by atoms with Crippen LogP contribution in [0.15, 0.2) is 60.7 Å². The van der Waals surface area contributed by atoms with E-state index < -0.39 is 32.1 Å². The summed E-state index contributed by atoms with van der Waals surface area (Å²) in [6, 6.07) is 13.1. The molecule has 4 amide bonds. The number of anilines is 2. The van der Waals surface area contributed by atoms with E-state index >= 15 is 0 Å². The van der Waals surface area contributed by atoms with Crippen molar-refractivity contribution in [3.63, 3.8) is 0 Å². The number of urea groups is 2. The highest BCUT2D eigenvalue weighted by Crippen LogP contribution is 2.38. The van der Waals surface area contributed by atoms with E-state index in [9.17, 15) is 9.59 Å². The third-order valence-electron chi connectivity index (χ3n) is 4.81. The highest BCUT2D eigenvalue weighted by molar-refractivity contribution is 6.68. The second-order valence-corrected chi connectivity index (χ2v) is 14.3. The van der Waals surface area contributed by atoms with E-state index in [0.29, 0.717) is 11.4 Å². The molecule has 8 nitrogen and oxygen atoms in total. The lowest BCUT2D eigenvalue weighted by atomic mass is 10.3. The van der Waals surface area contributed by atoms with Crippen molar-refractivity contribution in [2.75, 3.05) is 10.6 Å². The Balaban J connectivity index is 1.76. The smallest absolute Gasteiger partial charge is 0.322 e. The van der Waals surface area contributed by atoms with Crippen molar-refractivity contribution in [1.82, 2.24) is 10.6 Å². The fourth-order valence-electron chi connectivity index (χ4n) is 2.98. The van der Waals surface area contributed by atoms with Gasteiger partial charge >= 0.3 is 12.1 Å². The summed E-state index contributed by atoms with van der Waals surface area (Å²) in [4.78, 5) is 25.3. The molecule has 3 aromatic rings. The summed E-state index contributed by atoms with van der Waals surface area (Å²) in [6.07, 6.45) is -3.15. The van der Waals surface area contributed by atoms with Gasteiger partial charge in [-0.15, -0.1) is 0 Å². The second kappa shape index (κ2) is 15.1. The summed E-state index contributed by atoms with van der Waals surface area (Å²) in [5.41, 5.74) is 0.592. The molecule has 0 spiro atoms. The monoisotopic (exact) mass is 774 g/mol. The molecule has 0 saturated heterocycles. The number of hydrogen-bond donors (Lipinski definition) is 4. The average Bonchev–Trinajstić information content (AvgIpc) is 2.87. The lowest BCUT2D eigenvalue weighted by molar-refractivity contribution is 0.140. The Morgan fingerprint density at radius 1 is 0.571 bits per heavy atom. The molecule has 4 N–H and O–H groups in total. The van der Waals surface area contributed by atoms with Crippen LogP contribution in [0.5, 0.6) is 11.5 Å². The Labute approximate surface area is 290 Å². The predicted molar refractivity (Wildman–Crippen MR) is 173 cm³/mol. The maximum atomic E-state index is 12.7. The zero-order chi connectivity index (χ0) is 31.2. The van der Waals surface area contributed by atoms with Crippen LogP contribution < -0.4 is 30.7 Å². The van der Waals surface area contributed by atoms with Crippen LogP contribution in [0.2, 0.25) is 20.1 Å². The van der Waals surface area contributed by atoms with Crippen LogP contribution in [0.4, 0.5) is 21.0 Å². The van der Waals surface area contributed by atoms with E-state index in [1.807, 2.05) is 0 Å². The van der Waals surface area contributed by atoms with Crippen molar-refractivity contribution in [3.8, 4) is 11.5 Å². The molecule has 18 heteroatoms. The molecule has 0 radical (unpaired) electrons. The third kappa shape index (κ3) is 10.7. The van der Waals surface area contributed by atoms with Gasteiger partial charge in [-0.2, -0.15) is 0 Å². The van der Waals surface area contributed by atoms with Crippen LogP contribution in [0.25, 0.3) is 0 Å². The van der Waals surface area contributed by atoms with Crippen LogP contribution in [0.1, 0.15) is 0 Å². The Morgan fingerprint density at radius 2 is 0.929 bits per heavy atom. The number of amides is 4. The summed E-state index contributed by atoms with van der Waals surface area (Å²) < 4.78 is 7.18. The van der Waals surface area contributed by atoms with Crippen molar-refractivity contribution < 1.29 is 19.1 Å². The number of halogens is 10. The molecular weight excluding hydrogens is 763 g/mol. The lowest BCUT2D eigenvalue weighted by Gasteiger charge is -2.29. The van der Waals surface area contributed by atoms with Crippen molar-refractivity contribution in [2.24, 2.45) is 0 Å². The molecule has 42 heavy (non-hydrogen) atoms. The molecule has 0 aliphatic heterocycles. The molecule has 0 heterocycles. The van der Waals surface area contributed by atoms with Crippen molar-refractivity contribution in [2.45, 2.75) is 20.0 Å². The van der Waals surface area contributed by atoms with Gasteiger partial charge in [0.2, 0.25) is 20.0 Å². The highest BCUT2D eigenvalue weighted by atomic mass is 35.6. The van der Waals surface area contributed by atoms with Crippen LogP contribution in [-0.4, -0.2) is 32.1 Å². The largest absolute Gasteiger partial charge is 0.462 e. The maximum Gasteiger partial charge on any atom is 0.322 e. The average molecular weight is 779 g/mol. The standard InChI is InChI=1S/C24H16Cl10N4O4/c25-13-7-5-11(9-15(13)27)35-21(39)37-19(23(29,30)31)41-17-3-1-2-4-18(17)42-20(24(32,33)34)38-22(40)36-12-6-8-14(26)16(28)10-12/h1-10,19-20H,(H2,35,37,39)(H2,36,38,40)/t19-,20+. The van der Waals surface area contributed by atoms with E-state index in [4.69, 9.17) is 125 Å². The maximum absolute atomic E-state index is 12.7. The number of carbonyl (C=O) groups is 2. The molecule has 0 bridgehead atoms. The topological polar surface area (TPSA) is 101 Å². The van der Waals surface area contributed by atoms with Gasteiger partial charge in [0.1, 0.15) is 0 Å². The number of hydrogen-bond acceptors (Lipinski definition) is 4. The minimum atomic E-state index is -2.19. The minimum Gasteiger partial charge on any atom is -0.462 e. The molecule has 2 atom stereocenters. The second-order valence-electron chi connectivity index (χ2n) is 7.98. The van der Waals surface area contributed by atoms with E-state index in [1.54, 1.807) is 12.1 Å². The summed E-state index contributed by atoms with van der Waals surface area (Å²) >= 11 is 60.2. The number of nitrogens with one attached hydrogen (secondary N) is 4. The van der Waals surface area contributed by atoms with Crippen LogP contribution in [-0.2, 0) is 0 Å².